The minimum Gasteiger partial charge on any atom is -0.507 e. The van der Waals surface area contributed by atoms with E-state index < -0.39 is 17.7 Å². The van der Waals surface area contributed by atoms with E-state index in [1.54, 1.807) is 48.5 Å². The van der Waals surface area contributed by atoms with Crippen molar-refractivity contribution in [1.29, 1.82) is 0 Å². The van der Waals surface area contributed by atoms with E-state index in [1.807, 2.05) is 31.2 Å². The van der Waals surface area contributed by atoms with Crippen molar-refractivity contribution in [2.75, 3.05) is 29.5 Å². The predicted molar refractivity (Wildman–Crippen MR) is 144 cm³/mol. The van der Waals surface area contributed by atoms with Crippen LogP contribution >= 0.6 is 11.6 Å². The van der Waals surface area contributed by atoms with Gasteiger partial charge in [-0.1, -0.05) is 41.9 Å². The van der Waals surface area contributed by atoms with Gasteiger partial charge in [-0.15, -0.1) is 0 Å². The van der Waals surface area contributed by atoms with Crippen molar-refractivity contribution in [3.63, 3.8) is 0 Å². The second kappa shape index (κ2) is 10.9. The van der Waals surface area contributed by atoms with Crippen molar-refractivity contribution in [2.24, 2.45) is 0 Å². The Morgan fingerprint density at radius 3 is 2.31 bits per heavy atom. The lowest BCUT2D eigenvalue weighted by atomic mass is 9.94. The summed E-state index contributed by atoms with van der Waals surface area (Å²) in [7, 11) is 0. The Kier molecular flexibility index (Phi) is 7.65. The van der Waals surface area contributed by atoms with Crippen LogP contribution in [-0.2, 0) is 9.59 Å². The molecule has 3 aromatic rings. The maximum atomic E-state index is 13.4. The lowest BCUT2D eigenvalue weighted by molar-refractivity contribution is -0.132. The van der Waals surface area contributed by atoms with E-state index in [-0.39, 0.29) is 11.3 Å². The number of hydrogen-bond donors (Lipinski definition) is 1. The third-order valence-corrected chi connectivity index (χ3v) is 6.52. The molecule has 0 aromatic heterocycles. The average Bonchev–Trinajstić information content (AvgIpc) is 3.15. The molecule has 1 N–H and O–H groups in total. The van der Waals surface area contributed by atoms with Gasteiger partial charge in [-0.25, -0.2) is 0 Å². The Morgan fingerprint density at radius 2 is 1.67 bits per heavy atom. The van der Waals surface area contributed by atoms with Gasteiger partial charge in [0, 0.05) is 35.1 Å². The number of halogens is 1. The van der Waals surface area contributed by atoms with E-state index in [9.17, 15) is 14.7 Å². The molecule has 1 fully saturated rings. The minimum atomic E-state index is -0.829. The van der Waals surface area contributed by atoms with Crippen LogP contribution in [0.2, 0.25) is 5.02 Å². The standard InChI is InChI=1S/C29H29ClN2O4/c1-4-31(5-2)22-15-13-19(14-16-22)26-25(27(33)20-9-7-12-24(17-20)36-6-3)28(34)29(35)32(26)23-11-8-10-21(30)18-23/h7-18,26,33H,4-6H2,1-3H3/b27-25+. The third kappa shape index (κ3) is 4.82. The summed E-state index contributed by atoms with van der Waals surface area (Å²) in [5, 5.41) is 11.8. The van der Waals surface area contributed by atoms with Crippen LogP contribution in [0.25, 0.3) is 5.76 Å². The van der Waals surface area contributed by atoms with Gasteiger partial charge in [0.05, 0.1) is 18.2 Å². The number of ketones is 1. The Balaban J connectivity index is 1.89. The lowest BCUT2D eigenvalue weighted by Gasteiger charge is -2.27. The smallest absolute Gasteiger partial charge is 0.300 e. The molecule has 0 saturated carbocycles. The van der Waals surface area contributed by atoms with E-state index in [2.05, 4.69) is 18.7 Å². The van der Waals surface area contributed by atoms with Crippen LogP contribution in [0.3, 0.4) is 0 Å². The SMILES string of the molecule is CCOc1cccc(/C(O)=C2\C(=O)C(=O)N(c3cccc(Cl)c3)C2c2ccc(N(CC)CC)cc2)c1. The van der Waals surface area contributed by atoms with E-state index in [4.69, 9.17) is 16.3 Å². The van der Waals surface area contributed by atoms with Gasteiger partial charge in [-0.05, 0) is 68.8 Å². The van der Waals surface area contributed by atoms with Crippen molar-refractivity contribution in [2.45, 2.75) is 26.8 Å². The van der Waals surface area contributed by atoms with Gasteiger partial charge in [0.2, 0.25) is 0 Å². The zero-order valence-corrected chi connectivity index (χ0v) is 21.3. The topological polar surface area (TPSA) is 70.1 Å². The first-order valence-corrected chi connectivity index (χ1v) is 12.4. The molecule has 0 radical (unpaired) electrons. The molecule has 1 unspecified atom stereocenters. The Hall–Kier alpha value is -3.77. The van der Waals surface area contributed by atoms with E-state index in [0.29, 0.717) is 34.2 Å². The number of benzene rings is 3. The van der Waals surface area contributed by atoms with Crippen molar-refractivity contribution >= 4 is 40.4 Å². The molecule has 1 aliphatic heterocycles. The minimum absolute atomic E-state index is 0.0178. The summed E-state index contributed by atoms with van der Waals surface area (Å²) in [6, 6.07) is 20.5. The number of aliphatic hydroxyl groups excluding tert-OH is 1. The zero-order valence-electron chi connectivity index (χ0n) is 20.6. The molecule has 6 nitrogen and oxygen atoms in total. The summed E-state index contributed by atoms with van der Waals surface area (Å²) in [6.45, 7) is 8.21. The van der Waals surface area contributed by atoms with Crippen LogP contribution in [0.1, 0.15) is 37.9 Å². The van der Waals surface area contributed by atoms with Crippen molar-refractivity contribution < 1.29 is 19.4 Å². The van der Waals surface area contributed by atoms with Crippen LogP contribution < -0.4 is 14.5 Å². The highest BCUT2D eigenvalue weighted by Crippen LogP contribution is 2.43. The van der Waals surface area contributed by atoms with E-state index in [1.165, 1.54) is 4.90 Å². The monoisotopic (exact) mass is 504 g/mol. The fraction of sp³-hybridized carbons (Fsp3) is 0.241. The summed E-state index contributed by atoms with van der Waals surface area (Å²) >= 11 is 6.23. The van der Waals surface area contributed by atoms with Gasteiger partial charge in [0.15, 0.2) is 0 Å². The molecule has 1 amide bonds. The summed E-state index contributed by atoms with van der Waals surface area (Å²) in [6.07, 6.45) is 0. The number of aliphatic hydroxyl groups is 1. The average molecular weight is 505 g/mol. The number of nitrogens with zero attached hydrogens (tertiary/aromatic N) is 2. The van der Waals surface area contributed by atoms with Crippen molar-refractivity contribution in [1.82, 2.24) is 0 Å². The normalized spacial score (nSPS) is 16.9. The summed E-state index contributed by atoms with van der Waals surface area (Å²) in [5.41, 5.74) is 2.63. The van der Waals surface area contributed by atoms with E-state index in [0.717, 1.165) is 18.8 Å². The van der Waals surface area contributed by atoms with Crippen LogP contribution in [0, 0.1) is 0 Å². The maximum absolute atomic E-state index is 13.4. The second-order valence-electron chi connectivity index (χ2n) is 8.37. The summed E-state index contributed by atoms with van der Waals surface area (Å²) in [4.78, 5) is 30.3. The molecular weight excluding hydrogens is 476 g/mol. The highest BCUT2D eigenvalue weighted by atomic mass is 35.5. The van der Waals surface area contributed by atoms with Gasteiger partial charge in [-0.2, -0.15) is 0 Å². The van der Waals surface area contributed by atoms with Gasteiger partial charge in [-0.3, -0.25) is 14.5 Å². The number of amides is 1. The molecule has 1 saturated heterocycles. The number of ether oxygens (including phenoxy) is 1. The molecule has 0 spiro atoms. The number of rotatable bonds is 8. The zero-order chi connectivity index (χ0) is 25.8. The number of carbonyl (C=O) groups excluding carboxylic acids is 2. The summed E-state index contributed by atoms with van der Waals surface area (Å²) < 4.78 is 5.56. The highest BCUT2D eigenvalue weighted by Gasteiger charge is 2.47. The predicted octanol–water partition coefficient (Wildman–Crippen LogP) is 6.21. The highest BCUT2D eigenvalue weighted by molar-refractivity contribution is 6.51. The van der Waals surface area contributed by atoms with Crippen molar-refractivity contribution in [3.8, 4) is 5.75 Å². The molecule has 1 aliphatic rings. The fourth-order valence-corrected chi connectivity index (χ4v) is 4.74. The molecule has 7 heteroatoms. The first-order chi connectivity index (χ1) is 17.4. The van der Waals surface area contributed by atoms with Crippen LogP contribution in [0.5, 0.6) is 5.75 Å². The van der Waals surface area contributed by atoms with Crippen LogP contribution in [0.4, 0.5) is 11.4 Å². The lowest BCUT2D eigenvalue weighted by Crippen LogP contribution is -2.29. The van der Waals surface area contributed by atoms with Gasteiger partial charge < -0.3 is 14.7 Å². The number of anilines is 2. The molecule has 0 aliphatic carbocycles. The Labute approximate surface area is 216 Å². The van der Waals surface area contributed by atoms with E-state index >= 15 is 0 Å². The second-order valence-corrected chi connectivity index (χ2v) is 8.81. The van der Waals surface area contributed by atoms with Gasteiger partial charge in [0.25, 0.3) is 11.7 Å². The third-order valence-electron chi connectivity index (χ3n) is 6.29. The fourth-order valence-electron chi connectivity index (χ4n) is 4.55. The molecular formula is C29H29ClN2O4. The molecule has 0 bridgehead atoms. The van der Waals surface area contributed by atoms with Crippen LogP contribution in [0.15, 0.2) is 78.4 Å². The first-order valence-electron chi connectivity index (χ1n) is 12.0. The molecule has 36 heavy (non-hydrogen) atoms. The maximum Gasteiger partial charge on any atom is 0.300 e. The number of carbonyl (C=O) groups is 2. The quantitative estimate of drug-likeness (QED) is 0.224. The Bertz CT molecular complexity index is 1300. The number of hydrogen-bond acceptors (Lipinski definition) is 5. The Morgan fingerprint density at radius 1 is 0.972 bits per heavy atom. The summed E-state index contributed by atoms with van der Waals surface area (Å²) in [5.74, 6) is -1.17. The molecule has 186 valence electrons. The molecule has 1 atom stereocenters. The molecule has 4 rings (SSSR count). The molecule has 1 heterocycles. The van der Waals surface area contributed by atoms with Crippen LogP contribution in [-0.4, -0.2) is 36.5 Å². The first kappa shape index (κ1) is 25.3. The van der Waals surface area contributed by atoms with Gasteiger partial charge in [0.1, 0.15) is 11.5 Å². The van der Waals surface area contributed by atoms with Gasteiger partial charge >= 0.3 is 0 Å². The number of Topliss-reactive ketones (excluding diaryl/α,β-unsaturated/α-hetero) is 1. The molecule has 3 aromatic carbocycles. The largest absolute Gasteiger partial charge is 0.507 e. The van der Waals surface area contributed by atoms with Crippen molar-refractivity contribution in [3.05, 3.63) is 94.5 Å².